The van der Waals surface area contributed by atoms with Gasteiger partial charge >= 0.3 is 0 Å². The summed E-state index contributed by atoms with van der Waals surface area (Å²) in [5.41, 5.74) is -0.429. The van der Waals surface area contributed by atoms with Crippen LogP contribution < -0.4 is 10.9 Å². The average molecular weight is 358 g/mol. The number of aromatic nitrogens is 3. The zero-order valence-corrected chi connectivity index (χ0v) is 14.2. The lowest BCUT2D eigenvalue weighted by Crippen LogP contribution is -2.31. The van der Waals surface area contributed by atoms with E-state index in [4.69, 9.17) is 0 Å². The van der Waals surface area contributed by atoms with E-state index in [-0.39, 0.29) is 5.56 Å². The standard InChI is InChI=1S/C16H14N4O2S2/c21-15(18-7-9-24-13-5-1-2-6-17-13)11-10-19-14(20-16(11)22)12-4-3-8-23-12/h1-6,8,10H,7,9H2,(H,18,21)(H,19,20,22). The molecule has 3 aromatic heterocycles. The summed E-state index contributed by atoms with van der Waals surface area (Å²) in [6, 6.07) is 9.40. The topological polar surface area (TPSA) is 87.7 Å². The minimum atomic E-state index is -0.441. The van der Waals surface area contributed by atoms with Crippen LogP contribution >= 0.6 is 23.1 Å². The van der Waals surface area contributed by atoms with Gasteiger partial charge in [0.05, 0.1) is 9.90 Å². The Morgan fingerprint density at radius 2 is 2.17 bits per heavy atom. The van der Waals surface area contributed by atoms with Crippen LogP contribution in [0.1, 0.15) is 10.4 Å². The van der Waals surface area contributed by atoms with Gasteiger partial charge in [-0.05, 0) is 23.6 Å². The van der Waals surface area contributed by atoms with Gasteiger partial charge in [0.25, 0.3) is 11.5 Å². The number of hydrogen-bond donors (Lipinski definition) is 2. The van der Waals surface area contributed by atoms with Crippen molar-refractivity contribution in [2.24, 2.45) is 0 Å². The van der Waals surface area contributed by atoms with Crippen LogP contribution in [0.15, 0.2) is 57.9 Å². The third-order valence-corrected chi connectivity index (χ3v) is 4.90. The lowest BCUT2D eigenvalue weighted by atomic mass is 10.3. The molecule has 0 aliphatic heterocycles. The predicted molar refractivity (Wildman–Crippen MR) is 95.5 cm³/mol. The molecule has 8 heteroatoms. The monoisotopic (exact) mass is 358 g/mol. The van der Waals surface area contributed by atoms with Gasteiger partial charge in [0.2, 0.25) is 0 Å². The van der Waals surface area contributed by atoms with Gasteiger partial charge in [0.1, 0.15) is 11.4 Å². The second-order valence-corrected chi connectivity index (χ2v) is 6.79. The number of H-pyrrole nitrogens is 1. The lowest BCUT2D eigenvalue weighted by molar-refractivity contribution is 0.0954. The molecular formula is C16H14N4O2S2. The van der Waals surface area contributed by atoms with E-state index in [0.717, 1.165) is 9.90 Å². The van der Waals surface area contributed by atoms with Crippen molar-refractivity contribution in [3.8, 4) is 10.7 Å². The Balaban J connectivity index is 1.56. The van der Waals surface area contributed by atoms with E-state index in [1.54, 1.807) is 6.20 Å². The summed E-state index contributed by atoms with van der Waals surface area (Å²) >= 11 is 3.01. The molecular weight excluding hydrogens is 344 g/mol. The van der Waals surface area contributed by atoms with Crippen LogP contribution in [0.3, 0.4) is 0 Å². The van der Waals surface area contributed by atoms with E-state index >= 15 is 0 Å². The van der Waals surface area contributed by atoms with E-state index in [2.05, 4.69) is 20.3 Å². The quantitative estimate of drug-likeness (QED) is 0.522. The molecule has 0 aliphatic carbocycles. The van der Waals surface area contributed by atoms with Crippen molar-refractivity contribution in [2.75, 3.05) is 12.3 Å². The first-order valence-electron chi connectivity index (χ1n) is 7.19. The number of thioether (sulfide) groups is 1. The number of nitrogens with zero attached hydrogens (tertiary/aromatic N) is 2. The highest BCUT2D eigenvalue weighted by Crippen LogP contribution is 2.19. The largest absolute Gasteiger partial charge is 0.351 e. The number of thiophene rings is 1. The molecule has 122 valence electrons. The summed E-state index contributed by atoms with van der Waals surface area (Å²) in [5.74, 6) is 0.710. The van der Waals surface area contributed by atoms with Crippen molar-refractivity contribution in [2.45, 2.75) is 5.03 Å². The minimum Gasteiger partial charge on any atom is -0.351 e. The number of rotatable bonds is 6. The molecule has 2 N–H and O–H groups in total. The minimum absolute atomic E-state index is 0.0122. The molecule has 0 aliphatic rings. The van der Waals surface area contributed by atoms with Gasteiger partial charge in [-0.1, -0.05) is 12.1 Å². The molecule has 0 bridgehead atoms. The molecule has 0 spiro atoms. The van der Waals surface area contributed by atoms with Gasteiger partial charge in [-0.15, -0.1) is 23.1 Å². The van der Waals surface area contributed by atoms with Gasteiger partial charge in [0.15, 0.2) is 0 Å². The molecule has 6 nitrogen and oxygen atoms in total. The number of carbonyl (C=O) groups is 1. The molecule has 0 aromatic carbocycles. The second kappa shape index (κ2) is 7.89. The molecule has 0 unspecified atom stereocenters. The highest BCUT2D eigenvalue weighted by Gasteiger charge is 2.12. The summed E-state index contributed by atoms with van der Waals surface area (Å²) in [6.07, 6.45) is 3.04. The molecule has 1 amide bonds. The van der Waals surface area contributed by atoms with Crippen molar-refractivity contribution < 1.29 is 4.79 Å². The van der Waals surface area contributed by atoms with Crippen LogP contribution in [0.5, 0.6) is 0 Å². The van der Waals surface area contributed by atoms with Crippen LogP contribution in [-0.4, -0.2) is 33.2 Å². The number of hydrogen-bond acceptors (Lipinski definition) is 6. The lowest BCUT2D eigenvalue weighted by Gasteiger charge is -2.05. The van der Waals surface area contributed by atoms with Crippen LogP contribution in [0.4, 0.5) is 0 Å². The molecule has 0 radical (unpaired) electrons. The van der Waals surface area contributed by atoms with Crippen LogP contribution in [-0.2, 0) is 0 Å². The zero-order valence-electron chi connectivity index (χ0n) is 12.6. The fourth-order valence-electron chi connectivity index (χ4n) is 1.94. The van der Waals surface area contributed by atoms with Crippen molar-refractivity contribution in [1.29, 1.82) is 0 Å². The Morgan fingerprint density at radius 1 is 1.25 bits per heavy atom. The average Bonchev–Trinajstić information content (AvgIpc) is 3.14. The first kappa shape index (κ1) is 16.4. The molecule has 0 fully saturated rings. The van der Waals surface area contributed by atoms with Gasteiger partial charge < -0.3 is 10.3 Å². The third-order valence-electron chi connectivity index (χ3n) is 3.07. The van der Waals surface area contributed by atoms with Crippen LogP contribution in [0.2, 0.25) is 0 Å². The maximum atomic E-state index is 12.1. The van der Waals surface area contributed by atoms with Gasteiger partial charge in [-0.3, -0.25) is 9.59 Å². The van der Waals surface area contributed by atoms with E-state index in [1.165, 1.54) is 29.3 Å². The van der Waals surface area contributed by atoms with E-state index in [0.29, 0.717) is 18.1 Å². The third kappa shape index (κ3) is 4.09. The first-order chi connectivity index (χ1) is 11.7. The maximum Gasteiger partial charge on any atom is 0.264 e. The van der Waals surface area contributed by atoms with Crippen molar-refractivity contribution >= 4 is 29.0 Å². The Bertz CT molecular complexity index is 863. The highest BCUT2D eigenvalue weighted by molar-refractivity contribution is 7.99. The van der Waals surface area contributed by atoms with Gasteiger partial charge in [-0.25, -0.2) is 9.97 Å². The van der Waals surface area contributed by atoms with E-state index in [1.807, 2.05) is 35.7 Å². The Hall–Kier alpha value is -2.45. The number of pyridine rings is 1. The Morgan fingerprint density at radius 3 is 2.88 bits per heavy atom. The van der Waals surface area contributed by atoms with Crippen LogP contribution in [0, 0.1) is 0 Å². The van der Waals surface area contributed by atoms with Crippen molar-refractivity contribution in [3.05, 3.63) is 64.0 Å². The van der Waals surface area contributed by atoms with E-state index in [9.17, 15) is 9.59 Å². The van der Waals surface area contributed by atoms with Crippen LogP contribution in [0.25, 0.3) is 10.7 Å². The maximum absolute atomic E-state index is 12.1. The zero-order chi connectivity index (χ0) is 16.8. The number of nitrogens with one attached hydrogen (secondary N) is 2. The highest BCUT2D eigenvalue weighted by atomic mass is 32.2. The summed E-state index contributed by atoms with van der Waals surface area (Å²) in [5, 5.41) is 5.51. The molecule has 0 saturated heterocycles. The predicted octanol–water partition coefficient (Wildman–Crippen LogP) is 2.42. The molecule has 3 aromatic rings. The van der Waals surface area contributed by atoms with Gasteiger partial charge in [-0.2, -0.15) is 0 Å². The number of carbonyl (C=O) groups excluding carboxylic acids is 1. The second-order valence-electron chi connectivity index (χ2n) is 4.72. The Kier molecular flexibility index (Phi) is 5.39. The molecule has 0 atom stereocenters. The fraction of sp³-hybridized carbons (Fsp3) is 0.125. The van der Waals surface area contributed by atoms with Crippen molar-refractivity contribution in [1.82, 2.24) is 20.3 Å². The van der Waals surface area contributed by atoms with Gasteiger partial charge in [0, 0.05) is 24.7 Å². The first-order valence-corrected chi connectivity index (χ1v) is 9.06. The molecule has 0 saturated carbocycles. The Labute approximate surface area is 146 Å². The summed E-state index contributed by atoms with van der Waals surface area (Å²) < 4.78 is 0. The fourth-order valence-corrected chi connectivity index (χ4v) is 3.34. The van der Waals surface area contributed by atoms with Crippen molar-refractivity contribution in [3.63, 3.8) is 0 Å². The molecule has 3 heterocycles. The number of amides is 1. The summed E-state index contributed by atoms with van der Waals surface area (Å²) in [7, 11) is 0. The molecule has 24 heavy (non-hydrogen) atoms. The smallest absolute Gasteiger partial charge is 0.264 e. The normalized spacial score (nSPS) is 10.5. The molecule has 3 rings (SSSR count). The SMILES string of the molecule is O=C(NCCSc1ccccn1)c1cnc(-c2cccs2)[nH]c1=O. The van der Waals surface area contributed by atoms with E-state index < -0.39 is 11.5 Å². The summed E-state index contributed by atoms with van der Waals surface area (Å²) in [6.45, 7) is 0.437. The number of aromatic amines is 1. The summed E-state index contributed by atoms with van der Waals surface area (Å²) in [4.78, 5) is 36.0.